The maximum atomic E-state index is 12.5. The van der Waals surface area contributed by atoms with Gasteiger partial charge in [-0.15, -0.1) is 0 Å². The summed E-state index contributed by atoms with van der Waals surface area (Å²) in [4.78, 5) is 13.3. The van der Waals surface area contributed by atoms with Crippen molar-refractivity contribution in [2.24, 2.45) is 5.92 Å². The Kier molecular flexibility index (Phi) is 5.90. The third-order valence-electron chi connectivity index (χ3n) is 3.18. The van der Waals surface area contributed by atoms with E-state index in [1.165, 1.54) is 0 Å². The number of hydrogen-bond acceptors (Lipinski definition) is 3. The number of carbonyl (C=O) groups is 1. The summed E-state index contributed by atoms with van der Waals surface area (Å²) in [6, 6.07) is -0.278. The van der Waals surface area contributed by atoms with Gasteiger partial charge in [0.2, 0.25) is 0 Å². The van der Waals surface area contributed by atoms with Gasteiger partial charge in [-0.25, -0.2) is 4.79 Å². The molecule has 2 atom stereocenters. The van der Waals surface area contributed by atoms with Gasteiger partial charge in [-0.2, -0.15) is 13.2 Å². The van der Waals surface area contributed by atoms with E-state index in [0.717, 1.165) is 0 Å². The highest BCUT2D eigenvalue weighted by Gasteiger charge is 2.36. The minimum absolute atomic E-state index is 0.252. The quantitative estimate of drug-likeness (QED) is 0.861. The second-order valence-corrected chi connectivity index (χ2v) is 4.83. The fraction of sp³-hybridized carbons (Fsp3) is 0.917. The molecule has 1 amide bonds. The van der Waals surface area contributed by atoms with Gasteiger partial charge in [0.05, 0.1) is 6.61 Å². The molecule has 0 aromatic rings. The van der Waals surface area contributed by atoms with Gasteiger partial charge >= 0.3 is 12.3 Å². The van der Waals surface area contributed by atoms with E-state index in [1.54, 1.807) is 6.92 Å². The van der Waals surface area contributed by atoms with Crippen LogP contribution in [0.5, 0.6) is 0 Å². The Labute approximate surface area is 111 Å². The number of nitrogens with one attached hydrogen (secondary N) is 1. The topological polar surface area (TPSA) is 41.6 Å². The largest absolute Gasteiger partial charge is 0.450 e. The normalized spacial score (nSPS) is 25.1. The second kappa shape index (κ2) is 6.98. The molecule has 19 heavy (non-hydrogen) atoms. The zero-order chi connectivity index (χ0) is 14.5. The summed E-state index contributed by atoms with van der Waals surface area (Å²) >= 11 is 0. The third-order valence-corrected chi connectivity index (χ3v) is 3.18. The first-order valence-electron chi connectivity index (χ1n) is 6.56. The zero-order valence-electron chi connectivity index (χ0n) is 11.3. The van der Waals surface area contributed by atoms with Crippen LogP contribution in [0, 0.1) is 5.92 Å². The van der Waals surface area contributed by atoms with Crippen molar-refractivity contribution in [2.75, 3.05) is 26.2 Å². The second-order valence-electron chi connectivity index (χ2n) is 4.83. The summed E-state index contributed by atoms with van der Waals surface area (Å²) in [5.41, 5.74) is 0. The number of hydrogen-bond donors (Lipinski definition) is 1. The monoisotopic (exact) mass is 282 g/mol. The Hall–Kier alpha value is -0.980. The van der Waals surface area contributed by atoms with Crippen molar-refractivity contribution in [1.82, 2.24) is 10.2 Å². The van der Waals surface area contributed by atoms with E-state index in [4.69, 9.17) is 4.74 Å². The van der Waals surface area contributed by atoms with Crippen LogP contribution in [0.2, 0.25) is 0 Å². The highest BCUT2D eigenvalue weighted by atomic mass is 19.4. The van der Waals surface area contributed by atoms with E-state index in [1.807, 2.05) is 11.8 Å². The van der Waals surface area contributed by atoms with Crippen molar-refractivity contribution >= 4 is 6.09 Å². The van der Waals surface area contributed by atoms with Gasteiger partial charge in [-0.3, -0.25) is 0 Å². The van der Waals surface area contributed by atoms with E-state index in [-0.39, 0.29) is 12.6 Å². The van der Waals surface area contributed by atoms with Crippen LogP contribution in [0.15, 0.2) is 0 Å². The summed E-state index contributed by atoms with van der Waals surface area (Å²) < 4.78 is 42.1. The van der Waals surface area contributed by atoms with Gasteiger partial charge in [0.15, 0.2) is 0 Å². The molecule has 1 N–H and O–H groups in total. The fourth-order valence-electron chi connectivity index (χ4n) is 2.48. The number of amides is 1. The average Bonchev–Trinajstić information content (AvgIpc) is 2.26. The van der Waals surface area contributed by atoms with Crippen LogP contribution in [-0.4, -0.2) is 49.5 Å². The number of halogens is 3. The summed E-state index contributed by atoms with van der Waals surface area (Å²) in [7, 11) is 0. The molecule has 0 spiro atoms. The van der Waals surface area contributed by atoms with Crippen LogP contribution >= 0.6 is 0 Å². The Morgan fingerprint density at radius 1 is 1.37 bits per heavy atom. The number of rotatable bonds is 4. The van der Waals surface area contributed by atoms with Crippen LogP contribution < -0.4 is 5.32 Å². The van der Waals surface area contributed by atoms with Crippen molar-refractivity contribution in [3.8, 4) is 0 Å². The molecule has 7 heteroatoms. The lowest BCUT2D eigenvalue weighted by molar-refractivity contribution is -0.148. The maximum absolute atomic E-state index is 12.5. The van der Waals surface area contributed by atoms with E-state index in [9.17, 15) is 18.0 Å². The number of piperidine rings is 1. The SMILES string of the molecule is CCOC(=O)NC1CC(CC(F)(F)F)CN(CC)C1. The van der Waals surface area contributed by atoms with Crippen molar-refractivity contribution in [1.29, 1.82) is 0 Å². The van der Waals surface area contributed by atoms with Crippen molar-refractivity contribution in [2.45, 2.75) is 38.9 Å². The molecule has 1 saturated heterocycles. The highest BCUT2D eigenvalue weighted by molar-refractivity contribution is 5.67. The molecule has 4 nitrogen and oxygen atoms in total. The molecule has 0 saturated carbocycles. The Bertz CT molecular complexity index is 297. The number of ether oxygens (including phenoxy) is 1. The number of likely N-dealkylation sites (N-methyl/N-ethyl adjacent to an activating group) is 1. The predicted molar refractivity (Wildman–Crippen MR) is 64.8 cm³/mol. The standard InChI is InChI=1S/C12H21F3N2O2/c1-3-17-7-9(6-12(13,14)15)5-10(8-17)16-11(18)19-4-2/h9-10H,3-8H2,1-2H3,(H,16,18). The van der Waals surface area contributed by atoms with E-state index in [2.05, 4.69) is 5.32 Å². The molecular formula is C12H21F3N2O2. The van der Waals surface area contributed by atoms with Crippen LogP contribution in [0.25, 0.3) is 0 Å². The van der Waals surface area contributed by atoms with Crippen LogP contribution in [0.3, 0.4) is 0 Å². The van der Waals surface area contributed by atoms with Crippen LogP contribution in [-0.2, 0) is 4.74 Å². The molecule has 1 heterocycles. The van der Waals surface area contributed by atoms with Gasteiger partial charge in [0.1, 0.15) is 0 Å². The minimum Gasteiger partial charge on any atom is -0.450 e. The molecule has 2 unspecified atom stereocenters. The lowest BCUT2D eigenvalue weighted by atomic mass is 9.91. The number of likely N-dealkylation sites (tertiary alicyclic amines) is 1. The molecule has 0 aliphatic carbocycles. The number of carbonyl (C=O) groups excluding carboxylic acids is 1. The summed E-state index contributed by atoms with van der Waals surface area (Å²) in [5, 5.41) is 2.63. The summed E-state index contributed by atoms with van der Waals surface area (Å²) in [6.45, 7) is 5.51. The lowest BCUT2D eigenvalue weighted by Gasteiger charge is -2.37. The molecule has 1 rings (SSSR count). The number of alkyl halides is 3. The first kappa shape index (κ1) is 16.1. The Balaban J connectivity index is 2.54. The number of nitrogens with zero attached hydrogens (tertiary/aromatic N) is 1. The summed E-state index contributed by atoms with van der Waals surface area (Å²) in [5.74, 6) is -0.472. The summed E-state index contributed by atoms with van der Waals surface area (Å²) in [6.07, 6.45) is -5.17. The first-order valence-corrected chi connectivity index (χ1v) is 6.56. The molecule has 0 aromatic heterocycles. The molecule has 1 aliphatic heterocycles. The van der Waals surface area contributed by atoms with E-state index >= 15 is 0 Å². The minimum atomic E-state index is -4.16. The molecule has 0 aromatic carbocycles. The smallest absolute Gasteiger partial charge is 0.407 e. The van der Waals surface area contributed by atoms with E-state index < -0.39 is 24.6 Å². The molecular weight excluding hydrogens is 261 g/mol. The van der Waals surface area contributed by atoms with Gasteiger partial charge in [-0.05, 0) is 25.8 Å². The third kappa shape index (κ3) is 6.13. The highest BCUT2D eigenvalue weighted by Crippen LogP contribution is 2.30. The average molecular weight is 282 g/mol. The van der Waals surface area contributed by atoms with Gasteiger partial charge in [-0.1, -0.05) is 6.92 Å². The van der Waals surface area contributed by atoms with Gasteiger partial charge < -0.3 is 15.0 Å². The predicted octanol–water partition coefficient (Wildman–Crippen LogP) is 2.40. The lowest BCUT2D eigenvalue weighted by Crippen LogP contribution is -2.51. The van der Waals surface area contributed by atoms with Crippen molar-refractivity contribution in [3.05, 3.63) is 0 Å². The van der Waals surface area contributed by atoms with Crippen LogP contribution in [0.4, 0.5) is 18.0 Å². The zero-order valence-corrected chi connectivity index (χ0v) is 11.3. The molecule has 112 valence electrons. The van der Waals surface area contributed by atoms with Crippen LogP contribution in [0.1, 0.15) is 26.7 Å². The fourth-order valence-corrected chi connectivity index (χ4v) is 2.48. The van der Waals surface area contributed by atoms with Crippen molar-refractivity contribution < 1.29 is 22.7 Å². The molecule has 0 bridgehead atoms. The van der Waals surface area contributed by atoms with E-state index in [0.29, 0.717) is 26.1 Å². The van der Waals surface area contributed by atoms with Gasteiger partial charge in [0, 0.05) is 25.6 Å². The molecule has 1 aliphatic rings. The Morgan fingerprint density at radius 2 is 2.05 bits per heavy atom. The Morgan fingerprint density at radius 3 is 2.58 bits per heavy atom. The molecule has 0 radical (unpaired) electrons. The maximum Gasteiger partial charge on any atom is 0.407 e. The first-order chi connectivity index (χ1) is 8.84. The van der Waals surface area contributed by atoms with Gasteiger partial charge in [0.25, 0.3) is 0 Å². The molecule has 1 fully saturated rings. The number of alkyl carbamates (subject to hydrolysis) is 1. The van der Waals surface area contributed by atoms with Crippen molar-refractivity contribution in [3.63, 3.8) is 0 Å².